The van der Waals surface area contributed by atoms with E-state index in [1.165, 1.54) is 51.6 Å². The SMILES string of the molecule is CN1CCCCC1COc1cccc(Nc2cccc(OCC3CCCCN3C)c2)c1. The number of piperidine rings is 2. The van der Waals surface area contributed by atoms with E-state index in [0.29, 0.717) is 12.1 Å². The molecule has 0 aromatic heterocycles. The van der Waals surface area contributed by atoms with Gasteiger partial charge in [-0.3, -0.25) is 0 Å². The summed E-state index contributed by atoms with van der Waals surface area (Å²) in [5, 5.41) is 3.50. The van der Waals surface area contributed by atoms with E-state index in [0.717, 1.165) is 36.1 Å². The summed E-state index contributed by atoms with van der Waals surface area (Å²) in [5.41, 5.74) is 2.05. The van der Waals surface area contributed by atoms with Crippen LogP contribution >= 0.6 is 0 Å². The molecule has 0 bridgehead atoms. The van der Waals surface area contributed by atoms with Gasteiger partial charge in [-0.15, -0.1) is 0 Å². The van der Waals surface area contributed by atoms with Crippen LogP contribution in [-0.2, 0) is 0 Å². The Bertz CT molecular complexity index is 760. The van der Waals surface area contributed by atoms with E-state index in [2.05, 4.69) is 53.5 Å². The Labute approximate surface area is 187 Å². The van der Waals surface area contributed by atoms with Gasteiger partial charge in [0.1, 0.15) is 24.7 Å². The summed E-state index contributed by atoms with van der Waals surface area (Å²) < 4.78 is 12.2. The molecule has 31 heavy (non-hydrogen) atoms. The third-order valence-electron chi connectivity index (χ3n) is 6.68. The molecular weight excluding hydrogens is 386 g/mol. The van der Waals surface area contributed by atoms with E-state index in [1.807, 2.05) is 24.3 Å². The predicted molar refractivity (Wildman–Crippen MR) is 128 cm³/mol. The number of hydrogen-bond acceptors (Lipinski definition) is 5. The summed E-state index contributed by atoms with van der Waals surface area (Å²) in [6, 6.07) is 17.5. The first-order valence-electron chi connectivity index (χ1n) is 11.8. The Balaban J connectivity index is 1.31. The number of anilines is 2. The summed E-state index contributed by atoms with van der Waals surface area (Å²) >= 11 is 0. The second-order valence-electron chi connectivity index (χ2n) is 9.06. The van der Waals surface area contributed by atoms with Gasteiger partial charge in [0.2, 0.25) is 0 Å². The first kappa shape index (κ1) is 22.0. The molecule has 2 unspecified atom stereocenters. The van der Waals surface area contributed by atoms with Crippen LogP contribution < -0.4 is 14.8 Å². The normalized spacial score (nSPS) is 22.8. The van der Waals surface area contributed by atoms with Gasteiger partial charge < -0.3 is 24.6 Å². The topological polar surface area (TPSA) is 37.0 Å². The Morgan fingerprint density at radius 3 is 1.68 bits per heavy atom. The van der Waals surface area contributed by atoms with Crippen molar-refractivity contribution in [3.05, 3.63) is 48.5 Å². The van der Waals surface area contributed by atoms with Gasteiger partial charge >= 0.3 is 0 Å². The number of benzene rings is 2. The molecular formula is C26H37N3O2. The largest absolute Gasteiger partial charge is 0.492 e. The fourth-order valence-electron chi connectivity index (χ4n) is 4.59. The van der Waals surface area contributed by atoms with Gasteiger partial charge in [-0.25, -0.2) is 0 Å². The molecule has 2 fully saturated rings. The predicted octanol–water partition coefficient (Wildman–Crippen LogP) is 5.16. The Morgan fingerprint density at radius 2 is 1.23 bits per heavy atom. The van der Waals surface area contributed by atoms with Crippen molar-refractivity contribution in [3.63, 3.8) is 0 Å². The number of rotatable bonds is 8. The third-order valence-corrected chi connectivity index (χ3v) is 6.68. The van der Waals surface area contributed by atoms with Gasteiger partial charge in [0.05, 0.1) is 0 Å². The standard InChI is InChI=1S/C26H37N3O2/c1-28-15-5-3-11-23(28)19-30-25-13-7-9-21(17-25)27-22-10-8-14-26(18-22)31-20-24-12-4-6-16-29(24)2/h7-10,13-14,17-18,23-24,27H,3-6,11-12,15-16,19-20H2,1-2H3. The molecule has 2 saturated heterocycles. The van der Waals surface area contributed by atoms with Crippen molar-refractivity contribution in [1.82, 2.24) is 9.80 Å². The highest BCUT2D eigenvalue weighted by molar-refractivity contribution is 5.62. The molecule has 0 radical (unpaired) electrons. The Hall–Kier alpha value is -2.24. The maximum Gasteiger partial charge on any atom is 0.121 e. The maximum absolute atomic E-state index is 6.12. The van der Waals surface area contributed by atoms with Crippen molar-refractivity contribution in [1.29, 1.82) is 0 Å². The van der Waals surface area contributed by atoms with E-state index >= 15 is 0 Å². The summed E-state index contributed by atoms with van der Waals surface area (Å²) in [6.07, 6.45) is 7.64. The first-order chi connectivity index (χ1) is 15.2. The minimum atomic E-state index is 0.516. The van der Waals surface area contributed by atoms with Gasteiger partial charge in [0, 0.05) is 35.6 Å². The minimum absolute atomic E-state index is 0.516. The summed E-state index contributed by atoms with van der Waals surface area (Å²) in [5.74, 6) is 1.83. The van der Waals surface area contributed by atoms with Crippen LogP contribution in [0.4, 0.5) is 11.4 Å². The lowest BCUT2D eigenvalue weighted by Crippen LogP contribution is -2.40. The van der Waals surface area contributed by atoms with Crippen LogP contribution in [0.25, 0.3) is 0 Å². The van der Waals surface area contributed by atoms with Crippen molar-refractivity contribution in [2.45, 2.75) is 50.6 Å². The summed E-state index contributed by atoms with van der Waals surface area (Å²) in [6.45, 7) is 3.84. The molecule has 5 heteroatoms. The fraction of sp³-hybridized carbons (Fsp3) is 0.538. The fourth-order valence-corrected chi connectivity index (χ4v) is 4.59. The second-order valence-corrected chi connectivity index (χ2v) is 9.06. The molecule has 0 spiro atoms. The molecule has 2 aromatic carbocycles. The molecule has 4 rings (SSSR count). The van der Waals surface area contributed by atoms with E-state index in [1.54, 1.807) is 0 Å². The minimum Gasteiger partial charge on any atom is -0.492 e. The molecule has 2 heterocycles. The Kier molecular flexibility index (Phi) is 7.71. The molecule has 2 aliphatic heterocycles. The summed E-state index contributed by atoms with van der Waals surface area (Å²) in [4.78, 5) is 4.84. The third kappa shape index (κ3) is 6.37. The van der Waals surface area contributed by atoms with Gasteiger partial charge in [-0.2, -0.15) is 0 Å². The number of likely N-dealkylation sites (N-methyl/N-ethyl adjacent to an activating group) is 2. The lowest BCUT2D eigenvalue weighted by atomic mass is 10.0. The molecule has 1 N–H and O–H groups in total. The number of hydrogen-bond donors (Lipinski definition) is 1. The van der Waals surface area contributed by atoms with Crippen LogP contribution in [0.2, 0.25) is 0 Å². The van der Waals surface area contributed by atoms with Crippen LogP contribution in [0.3, 0.4) is 0 Å². The highest BCUT2D eigenvalue weighted by atomic mass is 16.5. The average molecular weight is 424 g/mol. The number of ether oxygens (including phenoxy) is 2. The number of likely N-dealkylation sites (tertiary alicyclic amines) is 2. The van der Waals surface area contributed by atoms with Gasteiger partial charge in [-0.1, -0.05) is 25.0 Å². The number of nitrogens with one attached hydrogen (secondary N) is 1. The number of nitrogens with zero attached hydrogens (tertiary/aromatic N) is 2. The molecule has 0 saturated carbocycles. The van der Waals surface area contributed by atoms with Crippen molar-refractivity contribution in [2.75, 3.05) is 45.7 Å². The monoisotopic (exact) mass is 423 g/mol. The van der Waals surface area contributed by atoms with Crippen molar-refractivity contribution in [3.8, 4) is 11.5 Å². The molecule has 2 aromatic rings. The van der Waals surface area contributed by atoms with Crippen LogP contribution in [0.5, 0.6) is 11.5 Å². The zero-order chi connectivity index (χ0) is 21.5. The zero-order valence-corrected chi connectivity index (χ0v) is 19.1. The van der Waals surface area contributed by atoms with E-state index in [4.69, 9.17) is 9.47 Å². The van der Waals surface area contributed by atoms with Crippen molar-refractivity contribution >= 4 is 11.4 Å². The van der Waals surface area contributed by atoms with Gasteiger partial charge in [-0.05, 0) is 77.1 Å². The average Bonchev–Trinajstić information content (AvgIpc) is 2.79. The molecule has 5 nitrogen and oxygen atoms in total. The van der Waals surface area contributed by atoms with Crippen LogP contribution in [-0.4, -0.2) is 62.3 Å². The quantitative estimate of drug-likeness (QED) is 0.635. The van der Waals surface area contributed by atoms with Crippen LogP contribution in [0.15, 0.2) is 48.5 Å². The molecule has 0 aliphatic carbocycles. The molecule has 0 amide bonds. The van der Waals surface area contributed by atoms with Crippen molar-refractivity contribution < 1.29 is 9.47 Å². The van der Waals surface area contributed by atoms with Crippen molar-refractivity contribution in [2.24, 2.45) is 0 Å². The molecule has 2 atom stereocenters. The Morgan fingerprint density at radius 1 is 0.742 bits per heavy atom. The highest BCUT2D eigenvalue weighted by Crippen LogP contribution is 2.26. The molecule has 2 aliphatic rings. The highest BCUT2D eigenvalue weighted by Gasteiger charge is 2.20. The first-order valence-corrected chi connectivity index (χ1v) is 11.8. The smallest absolute Gasteiger partial charge is 0.121 e. The van der Waals surface area contributed by atoms with Gasteiger partial charge in [0.15, 0.2) is 0 Å². The van der Waals surface area contributed by atoms with E-state index in [-0.39, 0.29) is 0 Å². The lowest BCUT2D eigenvalue weighted by molar-refractivity contribution is 0.125. The summed E-state index contributed by atoms with van der Waals surface area (Å²) in [7, 11) is 4.40. The van der Waals surface area contributed by atoms with Gasteiger partial charge in [0.25, 0.3) is 0 Å². The van der Waals surface area contributed by atoms with Crippen LogP contribution in [0, 0.1) is 0 Å². The zero-order valence-electron chi connectivity index (χ0n) is 19.1. The lowest BCUT2D eigenvalue weighted by Gasteiger charge is -2.32. The van der Waals surface area contributed by atoms with E-state index < -0.39 is 0 Å². The second kappa shape index (κ2) is 10.9. The van der Waals surface area contributed by atoms with Crippen LogP contribution in [0.1, 0.15) is 38.5 Å². The van der Waals surface area contributed by atoms with E-state index in [9.17, 15) is 0 Å². The maximum atomic E-state index is 6.12. The molecule has 168 valence electrons.